The van der Waals surface area contributed by atoms with Crippen molar-refractivity contribution in [2.75, 3.05) is 13.1 Å². The molecule has 3 N–H and O–H groups in total. The normalized spacial score (nSPS) is 14.0. The molecule has 8 heteroatoms. The van der Waals surface area contributed by atoms with Crippen molar-refractivity contribution < 1.29 is 9.21 Å². The molecule has 1 aliphatic carbocycles. The lowest BCUT2D eigenvalue weighted by Gasteiger charge is -2.10. The Balaban J connectivity index is 0.00000288. The molecule has 0 aliphatic heterocycles. The molecular weight excluding hydrogens is 421 g/mol. The van der Waals surface area contributed by atoms with Gasteiger partial charge in [0.1, 0.15) is 12.3 Å². The maximum absolute atomic E-state index is 11.6. The molecular formula is C16H28IN5O2. The fraction of sp³-hybridized carbons (Fsp3) is 0.688. The lowest BCUT2D eigenvalue weighted by atomic mass is 10.3. The van der Waals surface area contributed by atoms with Crippen molar-refractivity contribution in [3.8, 4) is 0 Å². The highest BCUT2D eigenvalue weighted by atomic mass is 127. The van der Waals surface area contributed by atoms with Crippen LogP contribution in [-0.2, 0) is 11.3 Å². The average molecular weight is 449 g/mol. The number of rotatable bonds is 8. The van der Waals surface area contributed by atoms with Crippen LogP contribution in [0.25, 0.3) is 0 Å². The first-order chi connectivity index (χ1) is 11.1. The minimum Gasteiger partial charge on any atom is -0.444 e. The van der Waals surface area contributed by atoms with Crippen molar-refractivity contribution in [1.29, 1.82) is 0 Å². The van der Waals surface area contributed by atoms with E-state index in [1.807, 2.05) is 20.8 Å². The number of aryl methyl sites for hydroxylation is 2. The van der Waals surface area contributed by atoms with E-state index in [0.29, 0.717) is 37.4 Å². The number of nitrogens with one attached hydrogen (secondary N) is 3. The molecule has 136 valence electrons. The second kappa shape index (κ2) is 10.5. The molecule has 1 heterocycles. The molecule has 1 saturated carbocycles. The van der Waals surface area contributed by atoms with Gasteiger partial charge in [0, 0.05) is 25.6 Å². The van der Waals surface area contributed by atoms with E-state index in [1.165, 1.54) is 0 Å². The van der Waals surface area contributed by atoms with E-state index in [2.05, 4.69) is 25.9 Å². The highest BCUT2D eigenvalue weighted by Crippen LogP contribution is 2.18. The van der Waals surface area contributed by atoms with Gasteiger partial charge in [-0.2, -0.15) is 0 Å². The fourth-order valence-electron chi connectivity index (χ4n) is 2.08. The highest BCUT2D eigenvalue weighted by molar-refractivity contribution is 14.0. The van der Waals surface area contributed by atoms with E-state index in [4.69, 9.17) is 4.42 Å². The lowest BCUT2D eigenvalue weighted by Crippen LogP contribution is -2.38. The molecule has 2 rings (SSSR count). The van der Waals surface area contributed by atoms with Crippen LogP contribution in [0.15, 0.2) is 9.41 Å². The predicted octanol–water partition coefficient (Wildman–Crippen LogP) is 2.02. The van der Waals surface area contributed by atoms with Gasteiger partial charge >= 0.3 is 0 Å². The van der Waals surface area contributed by atoms with Crippen LogP contribution in [0.4, 0.5) is 0 Å². The summed E-state index contributed by atoms with van der Waals surface area (Å²) in [6, 6.07) is 0.432. The quantitative estimate of drug-likeness (QED) is 0.245. The van der Waals surface area contributed by atoms with Gasteiger partial charge in [0.15, 0.2) is 5.96 Å². The van der Waals surface area contributed by atoms with Crippen molar-refractivity contribution in [2.45, 2.75) is 59.0 Å². The zero-order valence-electron chi connectivity index (χ0n) is 14.6. The van der Waals surface area contributed by atoms with Crippen LogP contribution in [0.3, 0.4) is 0 Å². The number of carbonyl (C=O) groups is 1. The summed E-state index contributed by atoms with van der Waals surface area (Å²) >= 11 is 0. The number of aliphatic imine (C=N–C) groups is 1. The number of hydrogen-bond acceptors (Lipinski definition) is 4. The topological polar surface area (TPSA) is 91.6 Å². The van der Waals surface area contributed by atoms with E-state index < -0.39 is 0 Å². The Morgan fingerprint density at radius 1 is 1.33 bits per heavy atom. The van der Waals surface area contributed by atoms with Crippen molar-refractivity contribution in [3.05, 3.63) is 17.3 Å². The minimum absolute atomic E-state index is 0. The first-order valence-corrected chi connectivity index (χ1v) is 8.33. The monoisotopic (exact) mass is 449 g/mol. The van der Waals surface area contributed by atoms with Crippen LogP contribution < -0.4 is 16.0 Å². The van der Waals surface area contributed by atoms with Crippen LogP contribution in [-0.4, -0.2) is 36.0 Å². The molecule has 24 heavy (non-hydrogen) atoms. The molecule has 1 fully saturated rings. The molecule has 1 aromatic rings. The van der Waals surface area contributed by atoms with Crippen molar-refractivity contribution in [1.82, 2.24) is 20.9 Å². The van der Waals surface area contributed by atoms with Crippen LogP contribution in [0, 0.1) is 13.8 Å². The fourth-order valence-corrected chi connectivity index (χ4v) is 2.08. The molecule has 0 saturated heterocycles. The van der Waals surface area contributed by atoms with E-state index >= 15 is 0 Å². The Hall–Kier alpha value is -1.32. The van der Waals surface area contributed by atoms with Crippen LogP contribution in [0.2, 0.25) is 0 Å². The van der Waals surface area contributed by atoms with Gasteiger partial charge in [0.2, 0.25) is 11.8 Å². The van der Waals surface area contributed by atoms with Crippen LogP contribution in [0.5, 0.6) is 0 Å². The first-order valence-electron chi connectivity index (χ1n) is 8.33. The zero-order chi connectivity index (χ0) is 16.7. The lowest BCUT2D eigenvalue weighted by molar-refractivity contribution is -0.121. The molecule has 0 bridgehead atoms. The summed E-state index contributed by atoms with van der Waals surface area (Å²) < 4.78 is 5.52. The minimum atomic E-state index is 0. The Kier molecular flexibility index (Phi) is 9.09. The largest absolute Gasteiger partial charge is 0.444 e. The van der Waals surface area contributed by atoms with Crippen LogP contribution >= 0.6 is 24.0 Å². The number of halogens is 1. The predicted molar refractivity (Wildman–Crippen MR) is 105 cm³/mol. The third kappa shape index (κ3) is 7.50. The van der Waals surface area contributed by atoms with Crippen molar-refractivity contribution in [3.63, 3.8) is 0 Å². The standard InChI is InChI=1S/C16H27N5O2.HI/c1-4-17-16(19-10-15-20-11(2)12(3)23-15)18-9-5-6-14(22)21-13-7-8-13;/h13H,4-10H2,1-3H3,(H,21,22)(H2,17,18,19);1H. The summed E-state index contributed by atoms with van der Waals surface area (Å²) in [5, 5.41) is 9.39. The Bertz CT molecular complexity index is 535. The van der Waals surface area contributed by atoms with Gasteiger partial charge < -0.3 is 20.4 Å². The average Bonchev–Trinajstić information content (AvgIpc) is 3.26. The smallest absolute Gasteiger partial charge is 0.220 e. The van der Waals surface area contributed by atoms with Gasteiger partial charge in [-0.3, -0.25) is 4.79 Å². The molecule has 0 atom stereocenters. The number of guanidine groups is 1. The number of nitrogens with zero attached hydrogens (tertiary/aromatic N) is 2. The van der Waals surface area contributed by atoms with E-state index in [0.717, 1.165) is 37.3 Å². The summed E-state index contributed by atoms with van der Waals surface area (Å²) in [6.45, 7) is 7.70. The number of oxazole rings is 1. The third-order valence-electron chi connectivity index (χ3n) is 3.60. The molecule has 0 spiro atoms. The molecule has 1 aliphatic rings. The number of hydrogen-bond donors (Lipinski definition) is 3. The Morgan fingerprint density at radius 3 is 2.67 bits per heavy atom. The third-order valence-corrected chi connectivity index (χ3v) is 3.60. The second-order valence-corrected chi connectivity index (χ2v) is 5.82. The van der Waals surface area contributed by atoms with Crippen molar-refractivity contribution >= 4 is 35.8 Å². The Morgan fingerprint density at radius 2 is 2.08 bits per heavy atom. The molecule has 7 nitrogen and oxygen atoms in total. The Labute approximate surface area is 160 Å². The molecule has 1 aromatic heterocycles. The number of aromatic nitrogens is 1. The van der Waals surface area contributed by atoms with Gasteiger partial charge in [-0.25, -0.2) is 9.98 Å². The van der Waals surface area contributed by atoms with Gasteiger partial charge in [-0.15, -0.1) is 24.0 Å². The van der Waals surface area contributed by atoms with Gasteiger partial charge in [0.05, 0.1) is 5.69 Å². The molecule has 0 radical (unpaired) electrons. The van der Waals surface area contributed by atoms with E-state index in [-0.39, 0.29) is 29.9 Å². The molecule has 0 unspecified atom stereocenters. The number of amides is 1. The van der Waals surface area contributed by atoms with Gasteiger partial charge in [-0.05, 0) is 40.0 Å². The highest BCUT2D eigenvalue weighted by Gasteiger charge is 2.22. The van der Waals surface area contributed by atoms with Crippen molar-refractivity contribution in [2.24, 2.45) is 4.99 Å². The van der Waals surface area contributed by atoms with Crippen LogP contribution in [0.1, 0.15) is 50.0 Å². The molecule has 1 amide bonds. The zero-order valence-corrected chi connectivity index (χ0v) is 17.0. The number of carbonyl (C=O) groups excluding carboxylic acids is 1. The maximum Gasteiger partial charge on any atom is 0.220 e. The summed E-state index contributed by atoms with van der Waals surface area (Å²) in [7, 11) is 0. The second-order valence-electron chi connectivity index (χ2n) is 5.82. The van der Waals surface area contributed by atoms with Gasteiger partial charge in [0.25, 0.3) is 0 Å². The van der Waals surface area contributed by atoms with E-state index in [9.17, 15) is 4.79 Å². The van der Waals surface area contributed by atoms with Gasteiger partial charge in [-0.1, -0.05) is 0 Å². The summed E-state index contributed by atoms with van der Waals surface area (Å²) in [6.07, 6.45) is 3.57. The first kappa shape index (κ1) is 20.7. The maximum atomic E-state index is 11.6. The summed E-state index contributed by atoms with van der Waals surface area (Å²) in [4.78, 5) is 20.4. The SMILES string of the molecule is CCNC(=NCc1nc(C)c(C)o1)NCCCC(=O)NC1CC1.I. The van der Waals surface area contributed by atoms with E-state index in [1.54, 1.807) is 0 Å². The summed E-state index contributed by atoms with van der Waals surface area (Å²) in [5.41, 5.74) is 0.898. The molecule has 0 aromatic carbocycles. The summed E-state index contributed by atoms with van der Waals surface area (Å²) in [5.74, 6) is 2.29.